The van der Waals surface area contributed by atoms with Crippen LogP contribution in [-0.4, -0.2) is 104 Å². The molecule has 11 heteroatoms. The molecule has 4 saturated carbocycles. The van der Waals surface area contributed by atoms with Gasteiger partial charge in [0.2, 0.25) is 0 Å². The molecule has 5 fully saturated rings. The van der Waals surface area contributed by atoms with Crippen LogP contribution in [0.3, 0.4) is 0 Å². The first-order chi connectivity index (χ1) is 18.8. The SMILES string of the molecule is C[C@H]1O[C@@H](O[C@H]2CC[C@]3(C=O)[C@@H]4C[C@@H](O)[C@]5(C)[C@H](C6=CC(=O)OC6)CC[C@]5(O)[C@H]4CC[C@@]3(O)C2)[C@H](O)[C@@H](O)[C@@H]1O. The van der Waals surface area contributed by atoms with Crippen molar-refractivity contribution < 1.29 is 54.4 Å². The highest BCUT2D eigenvalue weighted by Gasteiger charge is 2.74. The average Bonchev–Trinajstić information content (AvgIpc) is 3.46. The van der Waals surface area contributed by atoms with Crippen molar-refractivity contribution >= 4 is 12.3 Å². The van der Waals surface area contributed by atoms with E-state index >= 15 is 0 Å². The zero-order valence-corrected chi connectivity index (χ0v) is 23.0. The highest BCUT2D eigenvalue weighted by Crippen LogP contribution is 2.70. The molecule has 0 radical (unpaired) electrons. The van der Waals surface area contributed by atoms with Gasteiger partial charge in [0.15, 0.2) is 6.29 Å². The van der Waals surface area contributed by atoms with Crippen LogP contribution in [0, 0.1) is 28.6 Å². The lowest BCUT2D eigenvalue weighted by atomic mass is 9.41. The summed E-state index contributed by atoms with van der Waals surface area (Å²) in [5.41, 5.74) is -4.09. The molecule has 1 saturated heterocycles. The smallest absolute Gasteiger partial charge is 0.331 e. The third kappa shape index (κ3) is 3.71. The fraction of sp³-hybridized carbons (Fsp3) is 0.862. The van der Waals surface area contributed by atoms with Gasteiger partial charge in [0.05, 0.1) is 34.9 Å². The summed E-state index contributed by atoms with van der Waals surface area (Å²) in [4.78, 5) is 24.8. The van der Waals surface area contributed by atoms with Gasteiger partial charge in [0.1, 0.15) is 31.2 Å². The maximum Gasteiger partial charge on any atom is 0.331 e. The maximum atomic E-state index is 13.0. The standard InChI is InChI=1S/C29H42O11/c1-14-22(33)23(34)24(35)25(39-14)40-16-3-6-27(13-30)19-10-20(31)26(2)17(15-9-21(32)38-12-15)5-8-29(26,37)18(19)4-7-28(27,36)11-16/h9,13-14,16-20,22-25,31,33-37H,3-8,10-12H2,1-2H3/t14-,16+,17+,18+,19-,20-,22-,23+,24-,25+,26+,27+,28-,29+/m1/s1. The van der Waals surface area contributed by atoms with Gasteiger partial charge in [-0.25, -0.2) is 4.79 Å². The summed E-state index contributed by atoms with van der Waals surface area (Å²) >= 11 is 0. The molecule has 0 spiro atoms. The van der Waals surface area contributed by atoms with Crippen LogP contribution in [0.15, 0.2) is 11.6 Å². The Balaban J connectivity index is 1.25. The molecule has 0 bridgehead atoms. The number of cyclic esters (lactones) is 1. The fourth-order valence-corrected chi connectivity index (χ4v) is 9.74. The molecule has 2 aliphatic heterocycles. The summed E-state index contributed by atoms with van der Waals surface area (Å²) in [6, 6.07) is 0. The van der Waals surface area contributed by atoms with E-state index in [0.717, 1.165) is 11.9 Å². The normalized spacial score (nSPS) is 56.0. The summed E-state index contributed by atoms with van der Waals surface area (Å²) in [7, 11) is 0. The molecule has 40 heavy (non-hydrogen) atoms. The van der Waals surface area contributed by atoms with Crippen LogP contribution in [0.1, 0.15) is 65.2 Å². The number of aliphatic hydroxyl groups is 6. The third-order valence-corrected chi connectivity index (χ3v) is 12.1. The highest BCUT2D eigenvalue weighted by atomic mass is 16.7. The van der Waals surface area contributed by atoms with Crippen molar-refractivity contribution in [1.29, 1.82) is 0 Å². The topological polar surface area (TPSA) is 183 Å². The molecule has 2 heterocycles. The summed E-state index contributed by atoms with van der Waals surface area (Å²) in [6.45, 7) is 3.61. The minimum Gasteiger partial charge on any atom is -0.458 e. The Hall–Kier alpha value is -1.44. The Kier molecular flexibility index (Phi) is 6.83. The van der Waals surface area contributed by atoms with Crippen molar-refractivity contribution in [2.75, 3.05) is 6.61 Å². The van der Waals surface area contributed by atoms with E-state index in [1.165, 1.54) is 6.08 Å². The van der Waals surface area contributed by atoms with Gasteiger partial charge in [-0.1, -0.05) is 6.92 Å². The molecule has 0 aromatic carbocycles. The lowest BCUT2D eigenvalue weighted by molar-refractivity contribution is -0.319. The second-order valence-electron chi connectivity index (χ2n) is 13.5. The van der Waals surface area contributed by atoms with E-state index in [4.69, 9.17) is 14.2 Å². The monoisotopic (exact) mass is 566 g/mol. The molecule has 14 atom stereocenters. The van der Waals surface area contributed by atoms with Crippen molar-refractivity contribution in [3.05, 3.63) is 11.6 Å². The van der Waals surface area contributed by atoms with Crippen LogP contribution in [0.5, 0.6) is 0 Å². The molecular weight excluding hydrogens is 524 g/mol. The number of aldehydes is 1. The van der Waals surface area contributed by atoms with E-state index in [0.29, 0.717) is 25.7 Å². The Morgan fingerprint density at radius 1 is 1.00 bits per heavy atom. The molecular formula is C29H42O11. The van der Waals surface area contributed by atoms with Gasteiger partial charge >= 0.3 is 5.97 Å². The molecule has 4 aliphatic carbocycles. The maximum absolute atomic E-state index is 13.0. The second kappa shape index (κ2) is 9.54. The first-order valence-electron chi connectivity index (χ1n) is 14.6. The number of ether oxygens (including phenoxy) is 3. The summed E-state index contributed by atoms with van der Waals surface area (Å²) in [6.07, 6.45) is -2.70. The van der Waals surface area contributed by atoms with Gasteiger partial charge < -0.3 is 49.6 Å². The van der Waals surface area contributed by atoms with Gasteiger partial charge in [0, 0.05) is 17.9 Å². The summed E-state index contributed by atoms with van der Waals surface area (Å²) in [5.74, 6) is -1.42. The molecule has 0 unspecified atom stereocenters. The summed E-state index contributed by atoms with van der Waals surface area (Å²) in [5, 5.41) is 66.7. The number of carbonyl (C=O) groups is 2. The number of aliphatic hydroxyl groups excluding tert-OH is 4. The largest absolute Gasteiger partial charge is 0.458 e. The van der Waals surface area contributed by atoms with Gasteiger partial charge in [-0.15, -0.1) is 0 Å². The number of hydrogen-bond acceptors (Lipinski definition) is 11. The Labute approximate surface area is 233 Å². The van der Waals surface area contributed by atoms with E-state index in [1.54, 1.807) is 6.92 Å². The van der Waals surface area contributed by atoms with Gasteiger partial charge in [-0.2, -0.15) is 0 Å². The van der Waals surface area contributed by atoms with Crippen molar-refractivity contribution in [3.63, 3.8) is 0 Å². The quantitative estimate of drug-likeness (QED) is 0.149. The zero-order chi connectivity index (χ0) is 28.8. The first-order valence-corrected chi connectivity index (χ1v) is 14.6. The van der Waals surface area contributed by atoms with E-state index in [9.17, 15) is 40.2 Å². The molecule has 6 rings (SSSR count). The van der Waals surface area contributed by atoms with E-state index in [-0.39, 0.29) is 44.1 Å². The van der Waals surface area contributed by atoms with Crippen molar-refractivity contribution in [2.24, 2.45) is 28.6 Å². The Morgan fingerprint density at radius 3 is 2.42 bits per heavy atom. The lowest BCUT2D eigenvalue weighted by Gasteiger charge is -2.66. The van der Waals surface area contributed by atoms with E-state index < -0.39 is 76.8 Å². The Bertz CT molecular complexity index is 1080. The summed E-state index contributed by atoms with van der Waals surface area (Å²) < 4.78 is 16.8. The number of esters is 1. The van der Waals surface area contributed by atoms with Crippen molar-refractivity contribution in [3.8, 4) is 0 Å². The molecule has 11 nitrogen and oxygen atoms in total. The highest BCUT2D eigenvalue weighted by molar-refractivity contribution is 5.85. The molecule has 0 aromatic heterocycles. The molecule has 0 aromatic rings. The fourth-order valence-electron chi connectivity index (χ4n) is 9.74. The van der Waals surface area contributed by atoms with Crippen LogP contribution < -0.4 is 0 Å². The van der Waals surface area contributed by atoms with E-state index in [1.807, 2.05) is 6.92 Å². The molecule has 6 aliphatic rings. The van der Waals surface area contributed by atoms with Crippen molar-refractivity contribution in [2.45, 2.75) is 119 Å². The number of rotatable bonds is 4. The van der Waals surface area contributed by atoms with Crippen LogP contribution >= 0.6 is 0 Å². The molecule has 224 valence electrons. The minimum absolute atomic E-state index is 0.0926. The second-order valence-corrected chi connectivity index (χ2v) is 13.5. The van der Waals surface area contributed by atoms with Gasteiger partial charge in [-0.3, -0.25) is 0 Å². The number of carbonyl (C=O) groups excluding carboxylic acids is 2. The third-order valence-electron chi connectivity index (χ3n) is 12.1. The zero-order valence-electron chi connectivity index (χ0n) is 23.0. The van der Waals surface area contributed by atoms with Gasteiger partial charge in [0.25, 0.3) is 0 Å². The molecule has 0 amide bonds. The Morgan fingerprint density at radius 2 is 1.75 bits per heavy atom. The minimum atomic E-state index is -1.47. The van der Waals surface area contributed by atoms with E-state index in [2.05, 4.69) is 0 Å². The average molecular weight is 567 g/mol. The number of fused-ring (bicyclic) bond motifs is 5. The van der Waals surface area contributed by atoms with Crippen LogP contribution in [0.4, 0.5) is 0 Å². The van der Waals surface area contributed by atoms with Crippen LogP contribution in [-0.2, 0) is 23.8 Å². The molecule has 6 N–H and O–H groups in total. The van der Waals surface area contributed by atoms with Crippen molar-refractivity contribution in [1.82, 2.24) is 0 Å². The predicted molar refractivity (Wildman–Crippen MR) is 136 cm³/mol. The predicted octanol–water partition coefficient (Wildman–Crippen LogP) is -0.279. The first kappa shape index (κ1) is 28.7. The van der Waals surface area contributed by atoms with Gasteiger partial charge in [-0.05, 0) is 75.2 Å². The van der Waals surface area contributed by atoms with Crippen LogP contribution in [0.25, 0.3) is 0 Å². The van der Waals surface area contributed by atoms with Crippen LogP contribution in [0.2, 0.25) is 0 Å². The number of hydrogen-bond donors (Lipinski definition) is 6. The lowest BCUT2D eigenvalue weighted by Crippen LogP contribution is -2.71.